The van der Waals surface area contributed by atoms with Gasteiger partial charge in [0.2, 0.25) is 10.0 Å². The zero-order valence-electron chi connectivity index (χ0n) is 18.1. The van der Waals surface area contributed by atoms with Crippen LogP contribution in [0.25, 0.3) is 0 Å². The summed E-state index contributed by atoms with van der Waals surface area (Å²) in [5.74, 6) is 0.796. The van der Waals surface area contributed by atoms with Crippen LogP contribution in [0.5, 0.6) is 0 Å². The van der Waals surface area contributed by atoms with Crippen molar-refractivity contribution in [3.05, 3.63) is 54.2 Å². The second kappa shape index (κ2) is 10.1. The molecule has 0 spiro atoms. The molecule has 0 unspecified atom stereocenters. The van der Waals surface area contributed by atoms with Crippen molar-refractivity contribution in [2.75, 3.05) is 38.3 Å². The maximum atomic E-state index is 12.8. The van der Waals surface area contributed by atoms with Crippen molar-refractivity contribution in [1.82, 2.24) is 14.6 Å². The van der Waals surface area contributed by atoms with Gasteiger partial charge >= 0.3 is 0 Å². The number of anilines is 1. The third kappa shape index (κ3) is 5.83. The largest absolute Gasteiger partial charge is 0.378 e. The Morgan fingerprint density at radius 1 is 1.06 bits per heavy atom. The molecule has 2 aliphatic rings. The van der Waals surface area contributed by atoms with Crippen LogP contribution in [0.4, 0.5) is 5.82 Å². The number of nitrogens with one attached hydrogen (secondary N) is 1. The van der Waals surface area contributed by atoms with Crippen LogP contribution in [0, 0.1) is 0 Å². The lowest BCUT2D eigenvalue weighted by Gasteiger charge is -2.35. The number of ether oxygens (including phenoxy) is 1. The normalized spacial score (nSPS) is 22.6. The maximum absolute atomic E-state index is 12.8. The average molecular weight is 445 g/mol. The molecule has 168 valence electrons. The quantitative estimate of drug-likeness (QED) is 0.708. The highest BCUT2D eigenvalue weighted by Gasteiger charge is 2.28. The van der Waals surface area contributed by atoms with Gasteiger partial charge in [-0.05, 0) is 50.4 Å². The van der Waals surface area contributed by atoms with Crippen LogP contribution in [0.1, 0.15) is 31.2 Å². The molecule has 31 heavy (non-hydrogen) atoms. The van der Waals surface area contributed by atoms with E-state index < -0.39 is 10.0 Å². The number of morpholine rings is 1. The smallest absolute Gasteiger partial charge is 0.242 e. The lowest BCUT2D eigenvalue weighted by molar-refractivity contribution is 0.122. The molecule has 2 heterocycles. The van der Waals surface area contributed by atoms with E-state index in [-0.39, 0.29) is 10.9 Å². The van der Waals surface area contributed by atoms with Gasteiger partial charge in [-0.2, -0.15) is 0 Å². The number of sulfonamides is 1. The first-order chi connectivity index (χ1) is 15.0. The Morgan fingerprint density at radius 3 is 2.42 bits per heavy atom. The number of hydrogen-bond donors (Lipinski definition) is 1. The summed E-state index contributed by atoms with van der Waals surface area (Å²) in [6.07, 6.45) is 5.15. The van der Waals surface area contributed by atoms with Crippen molar-refractivity contribution in [3.63, 3.8) is 0 Å². The fraction of sp³-hybridized carbons (Fsp3) is 0.522. The summed E-state index contributed by atoms with van der Waals surface area (Å²) in [5.41, 5.74) is 1.31. The molecule has 7 nitrogen and oxygen atoms in total. The average Bonchev–Trinajstić information content (AvgIpc) is 2.81. The van der Waals surface area contributed by atoms with Gasteiger partial charge < -0.3 is 9.64 Å². The Balaban J connectivity index is 1.29. The summed E-state index contributed by atoms with van der Waals surface area (Å²) in [6, 6.07) is 14.4. The van der Waals surface area contributed by atoms with E-state index in [9.17, 15) is 8.42 Å². The highest BCUT2D eigenvalue weighted by Crippen LogP contribution is 2.25. The number of rotatable bonds is 7. The molecule has 2 fully saturated rings. The highest BCUT2D eigenvalue weighted by molar-refractivity contribution is 7.89. The molecule has 8 heteroatoms. The Morgan fingerprint density at radius 2 is 1.77 bits per heavy atom. The Labute approximate surface area is 185 Å². The monoisotopic (exact) mass is 444 g/mol. The second-order valence-corrected chi connectivity index (χ2v) is 10.2. The predicted octanol–water partition coefficient (Wildman–Crippen LogP) is 2.64. The van der Waals surface area contributed by atoms with E-state index in [4.69, 9.17) is 4.74 Å². The standard InChI is InChI=1S/C23H32N4O3S/c1-26(18-19-5-3-2-4-6-19)21-9-7-20(8-10-21)25-31(28,29)22-11-12-23(24-17-22)27-13-15-30-16-14-27/h2-6,11-12,17,20-21,25H,7-10,13-16,18H2,1H3/t20-,21-. The summed E-state index contributed by atoms with van der Waals surface area (Å²) < 4.78 is 34.0. The van der Waals surface area contributed by atoms with Crippen LogP contribution < -0.4 is 9.62 Å². The third-order valence-corrected chi connectivity index (χ3v) is 7.79. The predicted molar refractivity (Wildman–Crippen MR) is 122 cm³/mol. The molecular formula is C23H32N4O3S. The summed E-state index contributed by atoms with van der Waals surface area (Å²) in [6.45, 7) is 3.82. The molecular weight excluding hydrogens is 412 g/mol. The van der Waals surface area contributed by atoms with Crippen LogP contribution in [-0.2, 0) is 21.3 Å². The lowest BCUT2D eigenvalue weighted by atomic mass is 9.91. The fourth-order valence-electron chi connectivity index (χ4n) is 4.43. The van der Waals surface area contributed by atoms with Gasteiger partial charge in [0.15, 0.2) is 0 Å². The van der Waals surface area contributed by atoms with Crippen molar-refractivity contribution in [1.29, 1.82) is 0 Å². The fourth-order valence-corrected chi connectivity index (χ4v) is 5.68. The van der Waals surface area contributed by atoms with Gasteiger partial charge in [-0.25, -0.2) is 18.1 Å². The third-order valence-electron chi connectivity index (χ3n) is 6.28. The van der Waals surface area contributed by atoms with Gasteiger partial charge in [-0.1, -0.05) is 30.3 Å². The molecule has 0 radical (unpaired) electrons. The van der Waals surface area contributed by atoms with E-state index in [0.29, 0.717) is 19.3 Å². The van der Waals surface area contributed by atoms with E-state index in [1.807, 2.05) is 6.07 Å². The number of aromatic nitrogens is 1. The van der Waals surface area contributed by atoms with E-state index in [0.717, 1.165) is 51.1 Å². The van der Waals surface area contributed by atoms with E-state index in [1.165, 1.54) is 11.8 Å². The first-order valence-corrected chi connectivity index (χ1v) is 12.5. The van der Waals surface area contributed by atoms with Gasteiger partial charge in [0.25, 0.3) is 0 Å². The van der Waals surface area contributed by atoms with Gasteiger partial charge in [0.1, 0.15) is 10.7 Å². The van der Waals surface area contributed by atoms with Crippen molar-refractivity contribution in [2.45, 2.75) is 49.2 Å². The Bertz CT molecular complexity index is 923. The van der Waals surface area contributed by atoms with E-state index in [1.54, 1.807) is 12.1 Å². The number of pyridine rings is 1. The summed E-state index contributed by atoms with van der Waals surface area (Å²) in [4.78, 5) is 9.11. The molecule has 4 rings (SSSR count). The SMILES string of the molecule is CN(Cc1ccccc1)[C@H]1CC[C@H](NS(=O)(=O)c2ccc(N3CCOCC3)nc2)CC1. The molecule has 0 atom stereocenters. The molecule has 2 aromatic rings. The Hall–Kier alpha value is -2.00. The topological polar surface area (TPSA) is 74.8 Å². The molecule has 1 aliphatic heterocycles. The molecule has 0 bridgehead atoms. The van der Waals surface area contributed by atoms with Gasteiger partial charge in [-0.3, -0.25) is 4.90 Å². The van der Waals surface area contributed by atoms with Crippen LogP contribution >= 0.6 is 0 Å². The minimum atomic E-state index is -3.56. The summed E-state index contributed by atoms with van der Waals surface area (Å²) >= 11 is 0. The number of nitrogens with zero attached hydrogens (tertiary/aromatic N) is 3. The van der Waals surface area contributed by atoms with Crippen molar-refractivity contribution in [3.8, 4) is 0 Å². The van der Waals surface area contributed by atoms with E-state index >= 15 is 0 Å². The van der Waals surface area contributed by atoms with Crippen molar-refractivity contribution in [2.24, 2.45) is 0 Å². The van der Waals surface area contributed by atoms with Gasteiger partial charge in [0, 0.05) is 37.9 Å². The van der Waals surface area contributed by atoms with Gasteiger partial charge in [0.05, 0.1) is 13.2 Å². The minimum Gasteiger partial charge on any atom is -0.378 e. The van der Waals surface area contributed by atoms with Crippen LogP contribution in [0.2, 0.25) is 0 Å². The molecule has 1 N–H and O–H groups in total. The highest BCUT2D eigenvalue weighted by atomic mass is 32.2. The first-order valence-electron chi connectivity index (χ1n) is 11.1. The maximum Gasteiger partial charge on any atom is 0.242 e. The molecule has 1 saturated carbocycles. The molecule has 0 amide bonds. The lowest BCUT2D eigenvalue weighted by Crippen LogP contribution is -2.42. The molecule has 1 saturated heterocycles. The molecule has 1 aromatic carbocycles. The molecule has 1 aromatic heterocycles. The van der Waals surface area contributed by atoms with Crippen molar-refractivity contribution < 1.29 is 13.2 Å². The summed E-state index contributed by atoms with van der Waals surface area (Å²) in [7, 11) is -1.41. The zero-order valence-corrected chi connectivity index (χ0v) is 18.9. The number of hydrogen-bond acceptors (Lipinski definition) is 6. The number of benzene rings is 1. The van der Waals surface area contributed by atoms with Crippen molar-refractivity contribution >= 4 is 15.8 Å². The van der Waals surface area contributed by atoms with Crippen LogP contribution in [0.15, 0.2) is 53.6 Å². The minimum absolute atomic E-state index is 0.0229. The second-order valence-electron chi connectivity index (χ2n) is 8.48. The van der Waals surface area contributed by atoms with Gasteiger partial charge in [-0.15, -0.1) is 0 Å². The van der Waals surface area contributed by atoms with Crippen LogP contribution in [-0.4, -0.2) is 63.7 Å². The summed E-state index contributed by atoms with van der Waals surface area (Å²) in [5, 5.41) is 0. The Kier molecular flexibility index (Phi) is 7.22. The van der Waals surface area contributed by atoms with E-state index in [2.05, 4.69) is 50.8 Å². The molecule has 1 aliphatic carbocycles. The first kappa shape index (κ1) is 22.2. The zero-order chi connectivity index (χ0) is 21.7. The van der Waals surface area contributed by atoms with Crippen LogP contribution in [0.3, 0.4) is 0 Å².